The molecular formula is C9H17N3O4. The number of morpholine rings is 1. The summed E-state index contributed by atoms with van der Waals surface area (Å²) in [7, 11) is 0. The Hall–Kier alpha value is -1.34. The Morgan fingerprint density at radius 3 is 2.56 bits per heavy atom. The first-order valence-corrected chi connectivity index (χ1v) is 5.26. The third-order valence-electron chi connectivity index (χ3n) is 2.28. The first kappa shape index (κ1) is 12.7. The van der Waals surface area contributed by atoms with Crippen molar-refractivity contribution < 1.29 is 19.4 Å². The second-order valence-electron chi connectivity index (χ2n) is 3.48. The summed E-state index contributed by atoms with van der Waals surface area (Å²) in [6.45, 7) is 4.05. The number of rotatable bonds is 4. The average molecular weight is 231 g/mol. The Labute approximate surface area is 93.7 Å². The maximum atomic E-state index is 11.4. The van der Waals surface area contributed by atoms with Gasteiger partial charge in [-0.05, 0) is 6.42 Å². The molecule has 2 amide bonds. The molecule has 1 aliphatic rings. The van der Waals surface area contributed by atoms with Gasteiger partial charge in [0.05, 0.1) is 13.2 Å². The molecule has 0 aromatic carbocycles. The highest BCUT2D eigenvalue weighted by Crippen LogP contribution is 1.94. The molecule has 1 aliphatic heterocycles. The minimum atomic E-state index is -1.03. The SMILES string of the molecule is CC[C@H](NC(=O)NN1CCOCC1)C(=O)O. The summed E-state index contributed by atoms with van der Waals surface area (Å²) in [5.41, 5.74) is 2.58. The standard InChI is InChI=1S/C9H17N3O4/c1-2-7(8(13)14)10-9(15)11-12-3-5-16-6-4-12/h7H,2-6H2,1H3,(H,13,14)(H2,10,11,15)/t7-/m0/s1. The quantitative estimate of drug-likeness (QED) is 0.600. The predicted molar refractivity (Wildman–Crippen MR) is 55.8 cm³/mol. The topological polar surface area (TPSA) is 90.9 Å². The summed E-state index contributed by atoms with van der Waals surface area (Å²) < 4.78 is 5.11. The van der Waals surface area contributed by atoms with E-state index in [0.717, 1.165) is 0 Å². The van der Waals surface area contributed by atoms with Crippen LogP contribution in [0.3, 0.4) is 0 Å². The number of carbonyl (C=O) groups is 2. The van der Waals surface area contributed by atoms with Crippen molar-refractivity contribution in [2.45, 2.75) is 19.4 Å². The number of carboxylic acids is 1. The molecule has 0 aliphatic carbocycles. The van der Waals surface area contributed by atoms with Crippen LogP contribution < -0.4 is 10.7 Å². The molecule has 1 rings (SSSR count). The van der Waals surface area contributed by atoms with Gasteiger partial charge in [-0.25, -0.2) is 14.6 Å². The lowest BCUT2D eigenvalue weighted by molar-refractivity contribution is -0.139. The normalized spacial score (nSPS) is 18.8. The molecule has 3 N–H and O–H groups in total. The number of hydrazine groups is 1. The monoisotopic (exact) mass is 231 g/mol. The molecule has 0 radical (unpaired) electrons. The number of ether oxygens (including phenoxy) is 1. The molecule has 7 heteroatoms. The highest BCUT2D eigenvalue weighted by molar-refractivity contribution is 5.82. The zero-order chi connectivity index (χ0) is 12.0. The number of aliphatic carboxylic acids is 1. The molecule has 0 spiro atoms. The van der Waals surface area contributed by atoms with Gasteiger partial charge in [0.1, 0.15) is 6.04 Å². The van der Waals surface area contributed by atoms with Crippen LogP contribution in [0.15, 0.2) is 0 Å². The number of hydrogen-bond acceptors (Lipinski definition) is 4. The molecule has 0 bridgehead atoms. The maximum Gasteiger partial charge on any atom is 0.330 e. The van der Waals surface area contributed by atoms with Gasteiger partial charge in [-0.2, -0.15) is 0 Å². The van der Waals surface area contributed by atoms with Crippen molar-refractivity contribution in [1.29, 1.82) is 0 Å². The van der Waals surface area contributed by atoms with Crippen LogP contribution in [0, 0.1) is 0 Å². The summed E-state index contributed by atoms with van der Waals surface area (Å²) in [4.78, 5) is 22.1. The van der Waals surface area contributed by atoms with Gasteiger partial charge in [0, 0.05) is 13.1 Å². The Bertz CT molecular complexity index is 253. The van der Waals surface area contributed by atoms with Crippen molar-refractivity contribution in [2.24, 2.45) is 0 Å². The lowest BCUT2D eigenvalue weighted by atomic mass is 10.2. The molecule has 7 nitrogen and oxygen atoms in total. The van der Waals surface area contributed by atoms with E-state index < -0.39 is 18.0 Å². The maximum absolute atomic E-state index is 11.4. The summed E-state index contributed by atoms with van der Waals surface area (Å²) in [6.07, 6.45) is 0.353. The van der Waals surface area contributed by atoms with Crippen LogP contribution in [-0.2, 0) is 9.53 Å². The van der Waals surface area contributed by atoms with Crippen molar-refractivity contribution in [3.05, 3.63) is 0 Å². The van der Waals surface area contributed by atoms with Gasteiger partial charge in [0.15, 0.2) is 0 Å². The highest BCUT2D eigenvalue weighted by Gasteiger charge is 2.19. The van der Waals surface area contributed by atoms with Gasteiger partial charge in [0.2, 0.25) is 0 Å². The number of nitrogens with one attached hydrogen (secondary N) is 2. The smallest absolute Gasteiger partial charge is 0.330 e. The number of carbonyl (C=O) groups excluding carboxylic acids is 1. The van der Waals surface area contributed by atoms with Crippen LogP contribution in [-0.4, -0.2) is 54.5 Å². The highest BCUT2D eigenvalue weighted by atomic mass is 16.5. The van der Waals surface area contributed by atoms with E-state index in [0.29, 0.717) is 32.7 Å². The minimum absolute atomic E-state index is 0.353. The molecule has 92 valence electrons. The van der Waals surface area contributed by atoms with E-state index in [4.69, 9.17) is 9.84 Å². The summed E-state index contributed by atoms with van der Waals surface area (Å²) in [5, 5.41) is 12.8. The molecule has 0 aromatic rings. The fourth-order valence-electron chi connectivity index (χ4n) is 1.35. The number of nitrogens with zero attached hydrogens (tertiary/aromatic N) is 1. The zero-order valence-corrected chi connectivity index (χ0v) is 9.23. The first-order valence-electron chi connectivity index (χ1n) is 5.26. The molecule has 0 aromatic heterocycles. The Balaban J connectivity index is 2.31. The molecule has 1 atom stereocenters. The summed E-state index contributed by atoms with van der Waals surface area (Å²) in [6, 6.07) is -1.34. The van der Waals surface area contributed by atoms with Crippen LogP contribution in [0.4, 0.5) is 4.79 Å². The molecule has 1 heterocycles. The van der Waals surface area contributed by atoms with Crippen LogP contribution in [0.25, 0.3) is 0 Å². The van der Waals surface area contributed by atoms with E-state index in [9.17, 15) is 9.59 Å². The zero-order valence-electron chi connectivity index (χ0n) is 9.23. The van der Waals surface area contributed by atoms with Crippen LogP contribution >= 0.6 is 0 Å². The number of urea groups is 1. The Morgan fingerprint density at radius 2 is 2.06 bits per heavy atom. The third kappa shape index (κ3) is 4.03. The molecule has 1 fully saturated rings. The van der Waals surface area contributed by atoms with Gasteiger partial charge >= 0.3 is 12.0 Å². The first-order chi connectivity index (χ1) is 7.63. The summed E-state index contributed by atoms with van der Waals surface area (Å²) >= 11 is 0. The Kier molecular flexibility index (Phi) is 5.00. The van der Waals surface area contributed by atoms with Gasteiger partial charge in [-0.15, -0.1) is 0 Å². The summed E-state index contributed by atoms with van der Waals surface area (Å²) in [5.74, 6) is -1.03. The lowest BCUT2D eigenvalue weighted by Gasteiger charge is -2.27. The molecular weight excluding hydrogens is 214 g/mol. The third-order valence-corrected chi connectivity index (χ3v) is 2.28. The lowest BCUT2D eigenvalue weighted by Crippen LogP contribution is -2.54. The molecule has 1 saturated heterocycles. The Morgan fingerprint density at radius 1 is 1.44 bits per heavy atom. The fourth-order valence-corrected chi connectivity index (χ4v) is 1.35. The largest absolute Gasteiger partial charge is 0.480 e. The molecule has 0 unspecified atom stereocenters. The van der Waals surface area contributed by atoms with Gasteiger partial charge in [0.25, 0.3) is 0 Å². The van der Waals surface area contributed by atoms with Gasteiger partial charge in [-0.1, -0.05) is 6.92 Å². The fraction of sp³-hybridized carbons (Fsp3) is 0.778. The van der Waals surface area contributed by atoms with E-state index in [1.807, 2.05) is 0 Å². The van der Waals surface area contributed by atoms with Gasteiger partial charge in [-0.3, -0.25) is 5.43 Å². The van der Waals surface area contributed by atoms with E-state index in [1.54, 1.807) is 11.9 Å². The minimum Gasteiger partial charge on any atom is -0.480 e. The van der Waals surface area contributed by atoms with Crippen molar-refractivity contribution in [3.63, 3.8) is 0 Å². The average Bonchev–Trinajstić information content (AvgIpc) is 2.27. The predicted octanol–water partition coefficient (Wildman–Crippen LogP) is -0.604. The van der Waals surface area contributed by atoms with Crippen molar-refractivity contribution in [2.75, 3.05) is 26.3 Å². The number of amides is 2. The second kappa shape index (κ2) is 6.29. The van der Waals surface area contributed by atoms with Gasteiger partial charge < -0.3 is 15.2 Å². The molecule has 16 heavy (non-hydrogen) atoms. The van der Waals surface area contributed by atoms with Crippen molar-refractivity contribution in [3.8, 4) is 0 Å². The van der Waals surface area contributed by atoms with Crippen molar-refractivity contribution >= 4 is 12.0 Å². The second-order valence-corrected chi connectivity index (χ2v) is 3.48. The van der Waals surface area contributed by atoms with Crippen LogP contribution in [0.5, 0.6) is 0 Å². The van der Waals surface area contributed by atoms with E-state index in [2.05, 4.69) is 10.7 Å². The number of carboxylic acid groups (broad SMARTS) is 1. The van der Waals surface area contributed by atoms with E-state index in [-0.39, 0.29) is 0 Å². The van der Waals surface area contributed by atoms with E-state index >= 15 is 0 Å². The number of hydrogen-bond donors (Lipinski definition) is 3. The van der Waals surface area contributed by atoms with Crippen LogP contribution in [0.1, 0.15) is 13.3 Å². The van der Waals surface area contributed by atoms with Crippen molar-refractivity contribution in [1.82, 2.24) is 15.8 Å². The van der Waals surface area contributed by atoms with Crippen LogP contribution in [0.2, 0.25) is 0 Å². The molecule has 0 saturated carbocycles. The van der Waals surface area contributed by atoms with E-state index in [1.165, 1.54) is 0 Å².